The Morgan fingerprint density at radius 1 is 1.00 bits per heavy atom. The second-order valence-corrected chi connectivity index (χ2v) is 8.72. The van der Waals surface area contributed by atoms with Gasteiger partial charge in [-0.3, -0.25) is 9.59 Å². The van der Waals surface area contributed by atoms with Crippen molar-refractivity contribution in [1.29, 1.82) is 0 Å². The van der Waals surface area contributed by atoms with Gasteiger partial charge < -0.3 is 14.8 Å². The highest BCUT2D eigenvalue weighted by molar-refractivity contribution is 5.97. The first kappa shape index (κ1) is 26.2. The number of nitrogens with one attached hydrogen (secondary N) is 1. The molecule has 3 aromatic rings. The molecule has 1 aromatic heterocycles. The summed E-state index contributed by atoms with van der Waals surface area (Å²) in [6.45, 7) is -0.0485. The molecular formula is C24H21F6N5O2. The first-order chi connectivity index (χ1) is 17.3. The number of anilines is 1. The summed E-state index contributed by atoms with van der Waals surface area (Å²) >= 11 is 0. The molecule has 0 saturated carbocycles. The number of hydrogen-bond acceptors (Lipinski definition) is 4. The molecule has 196 valence electrons. The van der Waals surface area contributed by atoms with Crippen LogP contribution in [-0.2, 0) is 24.2 Å². The second kappa shape index (κ2) is 9.87. The molecule has 2 heterocycles. The van der Waals surface area contributed by atoms with E-state index in [1.54, 1.807) is 35.9 Å². The predicted molar refractivity (Wildman–Crippen MR) is 120 cm³/mol. The fourth-order valence-corrected chi connectivity index (χ4v) is 4.16. The molecule has 2 aromatic carbocycles. The maximum atomic E-state index is 13.2. The monoisotopic (exact) mass is 525 g/mol. The molecule has 1 unspecified atom stereocenters. The van der Waals surface area contributed by atoms with Gasteiger partial charge in [0.2, 0.25) is 5.91 Å². The number of alkyl halides is 6. The fourth-order valence-electron chi connectivity index (χ4n) is 4.16. The number of halogens is 6. The van der Waals surface area contributed by atoms with Crippen LogP contribution in [0.3, 0.4) is 0 Å². The molecule has 1 aliphatic rings. The molecule has 0 aliphatic carbocycles. The normalized spacial score (nSPS) is 16.5. The summed E-state index contributed by atoms with van der Waals surface area (Å²) in [7, 11) is 1.76. The van der Waals surface area contributed by atoms with Crippen molar-refractivity contribution < 1.29 is 35.9 Å². The molecule has 37 heavy (non-hydrogen) atoms. The van der Waals surface area contributed by atoms with E-state index in [4.69, 9.17) is 0 Å². The summed E-state index contributed by atoms with van der Waals surface area (Å²) < 4.78 is 80.9. The molecule has 7 nitrogen and oxygen atoms in total. The summed E-state index contributed by atoms with van der Waals surface area (Å²) in [5.41, 5.74) is -2.72. The summed E-state index contributed by atoms with van der Waals surface area (Å²) in [5, 5.41) is 10.6. The predicted octanol–water partition coefficient (Wildman–Crippen LogP) is 5.01. The third-order valence-electron chi connectivity index (χ3n) is 6.01. The van der Waals surface area contributed by atoms with Gasteiger partial charge >= 0.3 is 12.4 Å². The fraction of sp³-hybridized carbons (Fsp3) is 0.333. The largest absolute Gasteiger partial charge is 0.416 e. The Hall–Kier alpha value is -3.90. The van der Waals surface area contributed by atoms with Crippen molar-refractivity contribution in [2.45, 2.75) is 25.2 Å². The highest BCUT2D eigenvalue weighted by Gasteiger charge is 2.38. The van der Waals surface area contributed by atoms with Crippen molar-refractivity contribution in [2.75, 3.05) is 18.4 Å². The van der Waals surface area contributed by atoms with E-state index >= 15 is 0 Å². The first-order valence-corrected chi connectivity index (χ1v) is 11.2. The number of rotatable bonds is 4. The number of carbonyl (C=O) groups excluding carboxylic acids is 2. The summed E-state index contributed by atoms with van der Waals surface area (Å²) in [6, 6.07) is 7.61. The van der Waals surface area contributed by atoms with Crippen LogP contribution in [0, 0.1) is 5.92 Å². The molecule has 1 atom stereocenters. The first-order valence-electron chi connectivity index (χ1n) is 11.2. The van der Waals surface area contributed by atoms with Gasteiger partial charge in [-0.2, -0.15) is 26.3 Å². The van der Waals surface area contributed by atoms with Crippen LogP contribution in [0.4, 0.5) is 32.0 Å². The Morgan fingerprint density at radius 3 is 2.27 bits per heavy atom. The Balaban J connectivity index is 1.51. The smallest absolute Gasteiger partial charge is 0.338 e. The van der Waals surface area contributed by atoms with Gasteiger partial charge in [-0.05, 0) is 43.2 Å². The number of benzene rings is 2. The van der Waals surface area contributed by atoms with Gasteiger partial charge in [0.1, 0.15) is 6.33 Å². The second-order valence-electron chi connectivity index (χ2n) is 8.72. The van der Waals surface area contributed by atoms with Crippen LogP contribution in [0.5, 0.6) is 0 Å². The molecule has 4 rings (SSSR count). The molecule has 1 saturated heterocycles. The molecular weight excluding hydrogens is 504 g/mol. The Bertz CT molecular complexity index is 1290. The van der Waals surface area contributed by atoms with E-state index < -0.39 is 46.8 Å². The Morgan fingerprint density at radius 2 is 1.68 bits per heavy atom. The zero-order chi connectivity index (χ0) is 27.0. The lowest BCUT2D eigenvalue weighted by molar-refractivity contribution is -0.143. The van der Waals surface area contributed by atoms with E-state index in [0.29, 0.717) is 42.0 Å². The van der Waals surface area contributed by atoms with E-state index in [1.807, 2.05) is 0 Å². The van der Waals surface area contributed by atoms with E-state index in [1.165, 1.54) is 6.33 Å². The average Bonchev–Trinajstić information content (AvgIpc) is 3.28. The number of likely N-dealkylation sites (tertiary alicyclic amines) is 1. The van der Waals surface area contributed by atoms with E-state index in [9.17, 15) is 35.9 Å². The average molecular weight is 525 g/mol. The highest BCUT2D eigenvalue weighted by Crippen LogP contribution is 2.37. The third-order valence-corrected chi connectivity index (χ3v) is 6.01. The maximum absolute atomic E-state index is 13.2. The zero-order valence-corrected chi connectivity index (χ0v) is 19.4. The van der Waals surface area contributed by atoms with Crippen LogP contribution in [0.15, 0.2) is 48.8 Å². The van der Waals surface area contributed by atoms with Crippen molar-refractivity contribution in [3.05, 3.63) is 65.5 Å². The minimum Gasteiger partial charge on any atom is -0.338 e. The lowest BCUT2D eigenvalue weighted by Crippen LogP contribution is -2.43. The number of amides is 2. The Kier molecular flexibility index (Phi) is 6.98. The number of piperidine rings is 1. The molecule has 0 bridgehead atoms. The van der Waals surface area contributed by atoms with Gasteiger partial charge in [0.05, 0.1) is 17.0 Å². The van der Waals surface area contributed by atoms with Crippen LogP contribution < -0.4 is 5.32 Å². The van der Waals surface area contributed by atoms with E-state index in [0.717, 1.165) is 4.90 Å². The molecule has 1 aliphatic heterocycles. The van der Waals surface area contributed by atoms with Crippen LogP contribution in [0.2, 0.25) is 0 Å². The van der Waals surface area contributed by atoms with Gasteiger partial charge in [-0.15, -0.1) is 10.2 Å². The number of aryl methyl sites for hydroxylation is 1. The summed E-state index contributed by atoms with van der Waals surface area (Å²) in [5.74, 6) is -1.56. The Labute approximate surface area is 207 Å². The van der Waals surface area contributed by atoms with Gasteiger partial charge in [-0.1, -0.05) is 12.1 Å². The topological polar surface area (TPSA) is 80.1 Å². The summed E-state index contributed by atoms with van der Waals surface area (Å²) in [6.07, 6.45) is -7.86. The van der Waals surface area contributed by atoms with Gasteiger partial charge in [0.15, 0.2) is 5.82 Å². The lowest BCUT2D eigenvalue weighted by atomic mass is 9.95. The number of nitrogens with zero attached hydrogens (tertiary/aromatic N) is 4. The maximum Gasteiger partial charge on any atom is 0.416 e. The highest BCUT2D eigenvalue weighted by atomic mass is 19.4. The van der Waals surface area contributed by atoms with E-state index in [-0.39, 0.29) is 19.2 Å². The molecule has 13 heteroatoms. The molecule has 1 N–H and O–H groups in total. The van der Waals surface area contributed by atoms with Gasteiger partial charge in [0, 0.05) is 37.0 Å². The SMILES string of the molecule is Cn1cnnc1-c1cccc(NC(=O)C2CCCN(C(=O)c3cc(C(F)(F)F)cc(C(F)(F)F)c3)C2)c1. The number of aromatic nitrogens is 3. The third kappa shape index (κ3) is 5.92. The van der Waals surface area contributed by atoms with Crippen LogP contribution in [-0.4, -0.2) is 44.6 Å². The van der Waals surface area contributed by atoms with Crippen molar-refractivity contribution >= 4 is 17.5 Å². The molecule has 2 amide bonds. The quantitative estimate of drug-likeness (QED) is 0.486. The standard InChI is InChI=1S/C24H21F6N5O2/c1-34-13-31-33-20(34)14-4-2-6-19(10-14)32-21(36)15-5-3-7-35(12-15)22(37)16-8-17(23(25,26)27)11-18(9-16)24(28,29)30/h2,4,6,8-11,13,15H,3,5,7,12H2,1H3,(H,32,36). The molecule has 0 spiro atoms. The minimum atomic E-state index is -5.07. The van der Waals surface area contributed by atoms with E-state index in [2.05, 4.69) is 15.5 Å². The van der Waals surface area contributed by atoms with Gasteiger partial charge in [-0.25, -0.2) is 0 Å². The van der Waals surface area contributed by atoms with Crippen LogP contribution >= 0.6 is 0 Å². The molecule has 0 radical (unpaired) electrons. The zero-order valence-electron chi connectivity index (χ0n) is 19.4. The van der Waals surface area contributed by atoms with Crippen molar-refractivity contribution in [3.8, 4) is 11.4 Å². The van der Waals surface area contributed by atoms with Gasteiger partial charge in [0.25, 0.3) is 5.91 Å². The number of carbonyl (C=O) groups is 2. The van der Waals surface area contributed by atoms with Crippen LogP contribution in [0.25, 0.3) is 11.4 Å². The van der Waals surface area contributed by atoms with Crippen molar-refractivity contribution in [3.63, 3.8) is 0 Å². The summed E-state index contributed by atoms with van der Waals surface area (Å²) in [4.78, 5) is 27.0. The van der Waals surface area contributed by atoms with Crippen molar-refractivity contribution in [1.82, 2.24) is 19.7 Å². The van der Waals surface area contributed by atoms with Crippen LogP contribution in [0.1, 0.15) is 34.3 Å². The lowest BCUT2D eigenvalue weighted by Gasteiger charge is -2.32. The number of hydrogen-bond donors (Lipinski definition) is 1. The molecule has 1 fully saturated rings. The van der Waals surface area contributed by atoms with Crippen molar-refractivity contribution in [2.24, 2.45) is 13.0 Å². The minimum absolute atomic E-state index is 0.0294.